The second-order valence-electron chi connectivity index (χ2n) is 6.58. The van der Waals surface area contributed by atoms with Gasteiger partial charge < -0.3 is 10.3 Å². The molecule has 0 saturated carbocycles. The molecule has 0 radical (unpaired) electrons. The van der Waals surface area contributed by atoms with Crippen molar-refractivity contribution in [3.05, 3.63) is 59.1 Å². The summed E-state index contributed by atoms with van der Waals surface area (Å²) in [4.78, 5) is 29.8. The monoisotopic (exact) mass is 399 g/mol. The average Bonchev–Trinajstić information content (AvgIpc) is 3.13. The third kappa shape index (κ3) is 3.64. The second-order valence-corrected chi connectivity index (χ2v) is 6.58. The molecule has 0 aliphatic carbocycles. The van der Waals surface area contributed by atoms with Gasteiger partial charge >= 0.3 is 0 Å². The highest BCUT2D eigenvalue weighted by Gasteiger charge is 2.11. The molecular weight excluding hydrogens is 382 g/mol. The van der Waals surface area contributed by atoms with Crippen LogP contribution in [-0.4, -0.2) is 40.6 Å². The first-order chi connectivity index (χ1) is 14.4. The zero-order chi connectivity index (χ0) is 21.3. The van der Waals surface area contributed by atoms with Crippen LogP contribution >= 0.6 is 0 Å². The van der Waals surface area contributed by atoms with Crippen molar-refractivity contribution in [1.29, 1.82) is 0 Å². The van der Waals surface area contributed by atoms with Gasteiger partial charge in [0.25, 0.3) is 5.91 Å². The van der Waals surface area contributed by atoms with E-state index in [4.69, 9.17) is 5.73 Å². The number of pyridine rings is 2. The first kappa shape index (κ1) is 18.9. The normalized spacial score (nSPS) is 10.5. The number of fused-ring (bicyclic) bond motifs is 1. The minimum absolute atomic E-state index is 0.261. The Kier molecular flexibility index (Phi) is 4.77. The van der Waals surface area contributed by atoms with Crippen molar-refractivity contribution in [2.45, 2.75) is 13.8 Å². The summed E-state index contributed by atoms with van der Waals surface area (Å²) in [5.74, 6) is 6.20. The summed E-state index contributed by atoms with van der Waals surface area (Å²) in [5, 5.41) is 10.2. The molecule has 4 rings (SSSR count). The van der Waals surface area contributed by atoms with E-state index in [0.29, 0.717) is 33.7 Å². The molecule has 1 amide bonds. The molecule has 0 fully saturated rings. The van der Waals surface area contributed by atoms with Gasteiger partial charge in [-0.3, -0.25) is 15.1 Å². The zero-order valence-electron chi connectivity index (χ0n) is 16.5. The average molecular weight is 399 g/mol. The number of rotatable bonds is 2. The van der Waals surface area contributed by atoms with Gasteiger partial charge in [0.15, 0.2) is 0 Å². The summed E-state index contributed by atoms with van der Waals surface area (Å²) in [6.07, 6.45) is 6.07. The molecule has 4 heterocycles. The van der Waals surface area contributed by atoms with Gasteiger partial charge in [0.05, 0.1) is 28.7 Å². The molecular formula is C20H17N9O. The molecule has 10 heteroatoms. The van der Waals surface area contributed by atoms with Crippen LogP contribution in [0.5, 0.6) is 0 Å². The number of nitrogens with two attached hydrogens (primary N) is 1. The lowest BCUT2D eigenvalue weighted by molar-refractivity contribution is 0.102. The third-order valence-corrected chi connectivity index (χ3v) is 4.42. The lowest BCUT2D eigenvalue weighted by atomic mass is 10.1. The minimum Gasteiger partial charge on any atom is -0.383 e. The fourth-order valence-corrected chi connectivity index (χ4v) is 2.67. The highest BCUT2D eigenvalue weighted by atomic mass is 16.1. The number of hydrogen-bond acceptors (Lipinski definition) is 8. The van der Waals surface area contributed by atoms with Gasteiger partial charge in [-0.1, -0.05) is 11.8 Å². The van der Waals surface area contributed by atoms with Crippen LogP contribution in [0.15, 0.2) is 31.0 Å². The molecule has 0 saturated heterocycles. The first-order valence-electron chi connectivity index (χ1n) is 8.94. The van der Waals surface area contributed by atoms with Crippen molar-refractivity contribution >= 4 is 28.7 Å². The molecule has 0 aliphatic heterocycles. The van der Waals surface area contributed by atoms with Gasteiger partial charge in [0.1, 0.15) is 23.2 Å². The minimum atomic E-state index is -0.370. The van der Waals surface area contributed by atoms with E-state index in [-0.39, 0.29) is 11.7 Å². The summed E-state index contributed by atoms with van der Waals surface area (Å²) in [5.41, 5.74) is 10.2. The van der Waals surface area contributed by atoms with Crippen LogP contribution < -0.4 is 11.1 Å². The molecule has 10 nitrogen and oxygen atoms in total. The van der Waals surface area contributed by atoms with E-state index in [2.05, 4.69) is 47.3 Å². The predicted molar refractivity (Wildman–Crippen MR) is 110 cm³/mol. The Morgan fingerprint density at radius 3 is 2.70 bits per heavy atom. The summed E-state index contributed by atoms with van der Waals surface area (Å²) in [6, 6.07) is 1.63. The molecule has 4 aromatic rings. The first-order valence-corrected chi connectivity index (χ1v) is 8.94. The molecule has 30 heavy (non-hydrogen) atoms. The Bertz CT molecular complexity index is 1350. The maximum atomic E-state index is 12.5. The number of amides is 1. The number of nitrogen functional groups attached to an aromatic ring is 1. The van der Waals surface area contributed by atoms with Gasteiger partial charge in [-0.05, 0) is 19.9 Å². The quantitative estimate of drug-likeness (QED) is 0.483. The van der Waals surface area contributed by atoms with Crippen molar-refractivity contribution in [1.82, 2.24) is 34.7 Å². The van der Waals surface area contributed by atoms with Crippen LogP contribution in [0.4, 0.5) is 11.8 Å². The standard InChI is InChI=1S/C20H17N9O/c1-11-12(2)26-17-15(18(21)23-9-16(17)25-11)5-4-13-6-14(8-22-7-13)19(30)27-20-28-24-10-29(20)3/h6-10H,1-3H3,(H2,21,23)(H,27,28,30). The van der Waals surface area contributed by atoms with Crippen LogP contribution in [0, 0.1) is 25.7 Å². The van der Waals surface area contributed by atoms with Crippen molar-refractivity contribution in [2.75, 3.05) is 11.1 Å². The highest BCUT2D eigenvalue weighted by Crippen LogP contribution is 2.19. The van der Waals surface area contributed by atoms with Crippen molar-refractivity contribution in [3.63, 3.8) is 0 Å². The molecule has 0 spiro atoms. The topological polar surface area (TPSA) is 137 Å². The number of nitrogens with one attached hydrogen (secondary N) is 1. The number of anilines is 2. The van der Waals surface area contributed by atoms with E-state index in [9.17, 15) is 4.79 Å². The molecule has 0 aliphatic rings. The van der Waals surface area contributed by atoms with Crippen LogP contribution in [0.2, 0.25) is 0 Å². The fraction of sp³-hybridized carbons (Fsp3) is 0.150. The Labute approximate surface area is 171 Å². The smallest absolute Gasteiger partial charge is 0.259 e. The van der Waals surface area contributed by atoms with E-state index in [1.807, 2.05) is 13.8 Å². The Morgan fingerprint density at radius 1 is 1.13 bits per heavy atom. The molecule has 0 bridgehead atoms. The number of carbonyl (C=O) groups is 1. The predicted octanol–water partition coefficient (Wildman–Crippen LogP) is 1.40. The molecule has 148 valence electrons. The summed E-state index contributed by atoms with van der Waals surface area (Å²) < 4.78 is 1.59. The number of aromatic nitrogens is 7. The van der Waals surface area contributed by atoms with Crippen LogP contribution in [0.25, 0.3) is 11.0 Å². The number of nitrogens with zero attached hydrogens (tertiary/aromatic N) is 7. The lowest BCUT2D eigenvalue weighted by Gasteiger charge is -2.05. The molecule has 0 atom stereocenters. The van der Waals surface area contributed by atoms with E-state index < -0.39 is 0 Å². The Morgan fingerprint density at radius 2 is 1.93 bits per heavy atom. The van der Waals surface area contributed by atoms with Gasteiger partial charge in [-0.15, -0.1) is 10.2 Å². The van der Waals surface area contributed by atoms with Crippen LogP contribution in [0.3, 0.4) is 0 Å². The summed E-state index contributed by atoms with van der Waals surface area (Å²) in [7, 11) is 1.73. The molecule has 0 unspecified atom stereocenters. The number of hydrogen-bond donors (Lipinski definition) is 2. The highest BCUT2D eigenvalue weighted by molar-refractivity contribution is 6.03. The van der Waals surface area contributed by atoms with Gasteiger partial charge in [-0.2, -0.15) is 0 Å². The maximum absolute atomic E-state index is 12.5. The fourth-order valence-electron chi connectivity index (χ4n) is 2.67. The molecule has 4 aromatic heterocycles. The summed E-state index contributed by atoms with van der Waals surface area (Å²) >= 11 is 0. The largest absolute Gasteiger partial charge is 0.383 e. The van der Waals surface area contributed by atoms with Crippen molar-refractivity contribution < 1.29 is 4.79 Å². The van der Waals surface area contributed by atoms with Crippen LogP contribution in [0.1, 0.15) is 32.9 Å². The van der Waals surface area contributed by atoms with Gasteiger partial charge in [-0.25, -0.2) is 15.0 Å². The number of aryl methyl sites for hydroxylation is 3. The van der Waals surface area contributed by atoms with E-state index in [1.54, 1.807) is 30.1 Å². The van der Waals surface area contributed by atoms with Crippen molar-refractivity contribution in [3.8, 4) is 11.8 Å². The van der Waals surface area contributed by atoms with Gasteiger partial charge in [0.2, 0.25) is 5.95 Å². The number of carbonyl (C=O) groups excluding carboxylic acids is 1. The van der Waals surface area contributed by atoms with Gasteiger partial charge in [0, 0.05) is 25.0 Å². The lowest BCUT2D eigenvalue weighted by Crippen LogP contribution is -2.15. The second kappa shape index (κ2) is 7.56. The third-order valence-electron chi connectivity index (χ3n) is 4.42. The molecule has 3 N–H and O–H groups in total. The zero-order valence-corrected chi connectivity index (χ0v) is 16.5. The molecule has 0 aromatic carbocycles. The maximum Gasteiger partial charge on any atom is 0.259 e. The van der Waals surface area contributed by atoms with E-state index >= 15 is 0 Å². The Balaban J connectivity index is 1.68. The van der Waals surface area contributed by atoms with E-state index in [1.165, 1.54) is 12.5 Å². The SMILES string of the molecule is Cc1nc2cnc(N)c(C#Cc3cncc(C(=O)Nc4nncn4C)c3)c2nc1C. The van der Waals surface area contributed by atoms with Crippen LogP contribution in [-0.2, 0) is 7.05 Å². The van der Waals surface area contributed by atoms with E-state index in [0.717, 1.165) is 11.4 Å². The summed E-state index contributed by atoms with van der Waals surface area (Å²) in [6.45, 7) is 3.76. The van der Waals surface area contributed by atoms with Crippen molar-refractivity contribution in [2.24, 2.45) is 7.05 Å². The Hall–Kier alpha value is -4.39.